The highest BCUT2D eigenvalue weighted by Crippen LogP contribution is 2.24. The van der Waals surface area contributed by atoms with Gasteiger partial charge in [-0.3, -0.25) is 4.79 Å². The molecule has 1 aromatic heterocycles. The van der Waals surface area contributed by atoms with Crippen molar-refractivity contribution < 1.29 is 13.9 Å². The fraction of sp³-hybridized carbons (Fsp3) is 0.222. The first-order chi connectivity index (χ1) is 16.9. The summed E-state index contributed by atoms with van der Waals surface area (Å²) in [6.45, 7) is 4.79. The van der Waals surface area contributed by atoms with E-state index in [4.69, 9.17) is 9.72 Å². The number of anilines is 2. The lowest BCUT2D eigenvalue weighted by Crippen LogP contribution is -2.48. The number of methoxy groups -OCH3 is 1. The summed E-state index contributed by atoms with van der Waals surface area (Å²) in [5.74, 6) is -0.527. The van der Waals surface area contributed by atoms with Gasteiger partial charge in [0.1, 0.15) is 5.82 Å². The Balaban J connectivity index is 1.59. The Labute approximate surface area is 202 Å². The number of benzene rings is 3. The van der Waals surface area contributed by atoms with Crippen LogP contribution in [-0.2, 0) is 4.74 Å². The smallest absolute Gasteiger partial charge is 0.337 e. The van der Waals surface area contributed by atoms with Crippen LogP contribution in [0.2, 0.25) is 0 Å². The van der Waals surface area contributed by atoms with Crippen molar-refractivity contribution in [2.24, 2.45) is 0 Å². The lowest BCUT2D eigenvalue weighted by atomic mass is 10.1. The van der Waals surface area contributed by atoms with Crippen LogP contribution in [0.4, 0.5) is 16.0 Å². The van der Waals surface area contributed by atoms with Crippen LogP contribution < -0.4 is 15.4 Å². The minimum absolute atomic E-state index is 0.311. The van der Waals surface area contributed by atoms with Crippen LogP contribution in [0.25, 0.3) is 16.6 Å². The molecule has 5 rings (SSSR count). The van der Waals surface area contributed by atoms with Crippen molar-refractivity contribution in [1.82, 2.24) is 9.55 Å². The Morgan fingerprint density at radius 3 is 2.34 bits per heavy atom. The van der Waals surface area contributed by atoms with Crippen molar-refractivity contribution in [2.75, 3.05) is 43.1 Å². The molecule has 1 fully saturated rings. The van der Waals surface area contributed by atoms with E-state index < -0.39 is 11.8 Å². The molecule has 0 atom stereocenters. The summed E-state index contributed by atoms with van der Waals surface area (Å²) in [6, 6.07) is 18.9. The number of carbonyl (C=O) groups excluding carboxylic acids is 1. The molecule has 1 aliphatic rings. The molecule has 7 nitrogen and oxygen atoms in total. The Kier molecular flexibility index (Phi) is 5.94. The molecule has 2 heterocycles. The van der Waals surface area contributed by atoms with Crippen molar-refractivity contribution in [1.29, 1.82) is 0 Å². The summed E-state index contributed by atoms with van der Waals surface area (Å²) in [4.78, 5) is 34.8. The molecule has 0 spiro atoms. The molecule has 8 heteroatoms. The first-order valence-corrected chi connectivity index (χ1v) is 11.4. The molecular weight excluding hydrogens is 447 g/mol. The van der Waals surface area contributed by atoms with Gasteiger partial charge in [0, 0.05) is 31.9 Å². The SMILES string of the molecule is COC(=O)c1ccc2c(=O)n(-c3cccc(F)c3)c(N3CCN(c4cccc(C)c4)CC3)nc2c1. The third-order valence-corrected chi connectivity index (χ3v) is 6.27. The largest absolute Gasteiger partial charge is 0.465 e. The van der Waals surface area contributed by atoms with Crippen molar-refractivity contribution in [2.45, 2.75) is 6.92 Å². The van der Waals surface area contributed by atoms with E-state index in [2.05, 4.69) is 30.0 Å². The molecular formula is C27H25FN4O3. The van der Waals surface area contributed by atoms with Gasteiger partial charge in [-0.05, 0) is 61.0 Å². The van der Waals surface area contributed by atoms with Gasteiger partial charge in [0.2, 0.25) is 5.95 Å². The molecule has 0 unspecified atom stereocenters. The van der Waals surface area contributed by atoms with Crippen LogP contribution >= 0.6 is 0 Å². The second kappa shape index (κ2) is 9.21. The van der Waals surface area contributed by atoms with Gasteiger partial charge in [-0.15, -0.1) is 0 Å². The lowest BCUT2D eigenvalue weighted by Gasteiger charge is -2.37. The van der Waals surface area contributed by atoms with Crippen molar-refractivity contribution in [3.8, 4) is 5.69 Å². The third kappa shape index (κ3) is 4.35. The normalized spacial score (nSPS) is 13.8. The molecule has 4 aromatic rings. The van der Waals surface area contributed by atoms with Crippen LogP contribution in [0.1, 0.15) is 15.9 Å². The zero-order chi connectivity index (χ0) is 24.5. The molecule has 0 N–H and O–H groups in total. The Hall–Kier alpha value is -4.20. The van der Waals surface area contributed by atoms with Crippen molar-refractivity contribution >= 4 is 28.5 Å². The molecule has 0 aliphatic carbocycles. The summed E-state index contributed by atoms with van der Waals surface area (Å²) in [7, 11) is 1.31. The van der Waals surface area contributed by atoms with Gasteiger partial charge in [-0.2, -0.15) is 0 Å². The van der Waals surface area contributed by atoms with Gasteiger partial charge in [0.05, 0.1) is 29.3 Å². The molecule has 0 amide bonds. The molecule has 3 aromatic carbocycles. The van der Waals surface area contributed by atoms with Crippen LogP contribution in [0.5, 0.6) is 0 Å². The Bertz CT molecular complexity index is 1480. The van der Waals surface area contributed by atoms with E-state index in [0.29, 0.717) is 41.2 Å². The number of rotatable bonds is 4. The summed E-state index contributed by atoms with van der Waals surface area (Å²) in [5.41, 5.74) is 3.13. The molecule has 0 saturated carbocycles. The number of halogens is 1. The number of carbonyl (C=O) groups is 1. The highest BCUT2D eigenvalue weighted by molar-refractivity contribution is 5.94. The quantitative estimate of drug-likeness (QED) is 0.419. The van der Waals surface area contributed by atoms with Gasteiger partial charge in [0.25, 0.3) is 5.56 Å². The van der Waals surface area contributed by atoms with Gasteiger partial charge >= 0.3 is 5.97 Å². The zero-order valence-corrected chi connectivity index (χ0v) is 19.6. The molecule has 0 radical (unpaired) electrons. The van der Waals surface area contributed by atoms with E-state index in [-0.39, 0.29) is 5.56 Å². The topological polar surface area (TPSA) is 67.7 Å². The fourth-order valence-corrected chi connectivity index (χ4v) is 4.47. The molecule has 1 saturated heterocycles. The predicted octanol–water partition coefficient (Wildman–Crippen LogP) is 3.95. The first kappa shape index (κ1) is 22.6. The number of ether oxygens (including phenoxy) is 1. The highest BCUT2D eigenvalue weighted by atomic mass is 19.1. The van der Waals surface area contributed by atoms with Crippen molar-refractivity contribution in [3.63, 3.8) is 0 Å². The first-order valence-electron chi connectivity index (χ1n) is 11.4. The number of piperazine rings is 1. The van der Waals surface area contributed by atoms with Gasteiger partial charge in [-0.1, -0.05) is 18.2 Å². The standard InChI is InChI=1S/C27H25FN4O3/c1-18-5-3-7-21(15-18)30-11-13-31(14-12-30)27-29-24-16-19(26(34)35-2)9-10-23(24)25(33)32(27)22-8-4-6-20(28)17-22/h3-10,15-17H,11-14H2,1-2H3. The maximum atomic E-state index is 14.1. The maximum Gasteiger partial charge on any atom is 0.337 e. The van der Waals surface area contributed by atoms with Crippen LogP contribution in [-0.4, -0.2) is 48.8 Å². The molecule has 0 bridgehead atoms. The number of aryl methyl sites for hydroxylation is 1. The third-order valence-electron chi connectivity index (χ3n) is 6.27. The van der Waals surface area contributed by atoms with E-state index >= 15 is 0 Å². The summed E-state index contributed by atoms with van der Waals surface area (Å²) < 4.78 is 20.4. The van der Waals surface area contributed by atoms with Gasteiger partial charge < -0.3 is 14.5 Å². The number of hydrogen-bond acceptors (Lipinski definition) is 6. The lowest BCUT2D eigenvalue weighted by molar-refractivity contribution is 0.0601. The minimum atomic E-state index is -0.503. The van der Waals surface area contributed by atoms with Crippen LogP contribution in [0, 0.1) is 12.7 Å². The Morgan fingerprint density at radius 1 is 0.914 bits per heavy atom. The molecule has 178 valence electrons. The second-order valence-corrected chi connectivity index (χ2v) is 8.57. The number of nitrogens with zero attached hydrogens (tertiary/aromatic N) is 4. The average Bonchev–Trinajstić information content (AvgIpc) is 2.88. The monoisotopic (exact) mass is 472 g/mol. The van der Waals surface area contributed by atoms with E-state index in [1.54, 1.807) is 24.3 Å². The Morgan fingerprint density at radius 2 is 1.63 bits per heavy atom. The average molecular weight is 473 g/mol. The van der Waals surface area contributed by atoms with E-state index in [1.165, 1.54) is 35.4 Å². The van der Waals surface area contributed by atoms with E-state index in [1.807, 2.05) is 11.0 Å². The van der Waals surface area contributed by atoms with E-state index in [9.17, 15) is 14.0 Å². The molecule has 1 aliphatic heterocycles. The van der Waals surface area contributed by atoms with Crippen LogP contribution in [0.3, 0.4) is 0 Å². The highest BCUT2D eigenvalue weighted by Gasteiger charge is 2.24. The summed E-state index contributed by atoms with van der Waals surface area (Å²) in [5, 5.41) is 0.337. The summed E-state index contributed by atoms with van der Waals surface area (Å²) in [6.07, 6.45) is 0. The van der Waals surface area contributed by atoms with E-state index in [0.717, 1.165) is 18.8 Å². The molecule has 35 heavy (non-hydrogen) atoms. The minimum Gasteiger partial charge on any atom is -0.465 e. The number of aromatic nitrogens is 2. The van der Waals surface area contributed by atoms with Crippen molar-refractivity contribution in [3.05, 3.63) is 94.0 Å². The van der Waals surface area contributed by atoms with Crippen LogP contribution in [0.15, 0.2) is 71.5 Å². The number of fused-ring (bicyclic) bond motifs is 1. The van der Waals surface area contributed by atoms with Gasteiger partial charge in [0.15, 0.2) is 0 Å². The second-order valence-electron chi connectivity index (χ2n) is 8.57. The van der Waals surface area contributed by atoms with Gasteiger partial charge in [-0.25, -0.2) is 18.7 Å². The summed E-state index contributed by atoms with van der Waals surface area (Å²) >= 11 is 0. The predicted molar refractivity (Wildman–Crippen MR) is 134 cm³/mol. The maximum absolute atomic E-state index is 14.1. The zero-order valence-electron chi connectivity index (χ0n) is 19.6. The number of esters is 1. The number of hydrogen-bond donors (Lipinski definition) is 0. The fourth-order valence-electron chi connectivity index (χ4n) is 4.47.